The van der Waals surface area contributed by atoms with E-state index >= 15 is 0 Å². The molecule has 0 spiro atoms. The summed E-state index contributed by atoms with van der Waals surface area (Å²) in [6.07, 6.45) is 0. The first-order valence-electron chi connectivity index (χ1n) is 5.26. The van der Waals surface area contributed by atoms with Gasteiger partial charge >= 0.3 is 5.12 Å². The Labute approximate surface area is 103 Å². The van der Waals surface area contributed by atoms with Crippen LogP contribution < -0.4 is 0 Å². The standard InChI is InChI=1S/C14H12O2S/c1-11-7-9-12(10-8-11)14(15)17(16)13-5-3-2-4-6-13/h2-10H,1H3. The van der Waals surface area contributed by atoms with Gasteiger partial charge in [-0.1, -0.05) is 35.9 Å². The van der Waals surface area contributed by atoms with E-state index in [1.165, 1.54) is 0 Å². The number of hydrogen-bond acceptors (Lipinski definition) is 2. The first kappa shape index (κ1) is 11.9. The predicted octanol–water partition coefficient (Wildman–Crippen LogP) is 2.94. The fraction of sp³-hybridized carbons (Fsp3) is 0.0714. The van der Waals surface area contributed by atoms with Crippen LogP contribution in [0, 0.1) is 6.92 Å². The Hall–Kier alpha value is -1.58. The molecule has 3 heteroatoms. The van der Waals surface area contributed by atoms with Crippen LogP contribution in [0.1, 0.15) is 15.9 Å². The molecule has 2 aromatic rings. The molecular formula is C14H12O2S. The summed E-state index contributed by atoms with van der Waals surface area (Å²) >= 11 is -1.62. The van der Waals surface area contributed by atoms with E-state index in [2.05, 4.69) is 0 Å². The molecule has 86 valence electrons. The van der Waals surface area contributed by atoms with Gasteiger partial charge in [-0.25, -0.2) is 4.79 Å². The summed E-state index contributed by atoms with van der Waals surface area (Å²) in [7, 11) is 0. The highest BCUT2D eigenvalue weighted by Gasteiger charge is 2.23. The highest BCUT2D eigenvalue weighted by atomic mass is 32.2. The van der Waals surface area contributed by atoms with Crippen molar-refractivity contribution in [1.29, 1.82) is 0 Å². The Morgan fingerprint density at radius 3 is 2.18 bits per heavy atom. The summed E-state index contributed by atoms with van der Waals surface area (Å²) in [4.78, 5) is 12.5. The van der Waals surface area contributed by atoms with Gasteiger partial charge in [-0.05, 0) is 31.2 Å². The van der Waals surface area contributed by atoms with Crippen LogP contribution in [0.25, 0.3) is 0 Å². The third-order valence-electron chi connectivity index (χ3n) is 2.41. The smallest absolute Gasteiger partial charge is 0.365 e. The van der Waals surface area contributed by atoms with Crippen LogP contribution in [0.4, 0.5) is 0 Å². The summed E-state index contributed by atoms with van der Waals surface area (Å²) < 4.78 is 12.0. The summed E-state index contributed by atoms with van der Waals surface area (Å²) in [5.41, 5.74) is 1.56. The maximum atomic E-state index is 12.0. The van der Waals surface area contributed by atoms with Crippen molar-refractivity contribution >= 4 is 16.3 Å². The molecule has 0 fully saturated rings. The molecule has 0 N–H and O–H groups in total. The maximum Gasteiger partial charge on any atom is 0.365 e. The van der Waals surface area contributed by atoms with Crippen molar-refractivity contribution in [3.63, 3.8) is 0 Å². The lowest BCUT2D eigenvalue weighted by atomic mass is 10.2. The Bertz CT molecular complexity index is 506. The molecule has 0 aliphatic heterocycles. The Morgan fingerprint density at radius 2 is 1.59 bits per heavy atom. The van der Waals surface area contributed by atoms with Gasteiger partial charge in [0.2, 0.25) is 0 Å². The minimum absolute atomic E-state index is 0.351. The van der Waals surface area contributed by atoms with Gasteiger partial charge in [0.1, 0.15) is 0 Å². The van der Waals surface area contributed by atoms with Crippen LogP contribution in [0.2, 0.25) is 0 Å². The molecule has 0 bridgehead atoms. The van der Waals surface area contributed by atoms with E-state index in [1.54, 1.807) is 36.4 Å². The van der Waals surface area contributed by atoms with Crippen LogP contribution in [-0.4, -0.2) is 9.67 Å². The van der Waals surface area contributed by atoms with Crippen LogP contribution in [-0.2, 0) is 11.2 Å². The van der Waals surface area contributed by atoms with Crippen LogP contribution >= 0.6 is 0 Å². The Kier molecular flexibility index (Phi) is 3.61. The molecule has 0 aliphatic carbocycles. The van der Waals surface area contributed by atoms with Gasteiger partial charge < -0.3 is 4.55 Å². The molecule has 0 saturated heterocycles. The topological polar surface area (TPSA) is 40.1 Å². The molecular weight excluding hydrogens is 232 g/mol. The third-order valence-corrected chi connectivity index (χ3v) is 3.69. The number of rotatable bonds is 2. The third kappa shape index (κ3) is 2.75. The SMILES string of the molecule is Cc1ccc(C(=O)[S+]([O-])c2ccccc2)cc1. The zero-order chi connectivity index (χ0) is 12.3. The second kappa shape index (κ2) is 5.17. The largest absolute Gasteiger partial charge is 0.604 e. The van der Waals surface area contributed by atoms with E-state index in [1.807, 2.05) is 25.1 Å². The van der Waals surface area contributed by atoms with E-state index in [4.69, 9.17) is 0 Å². The number of benzene rings is 2. The minimum atomic E-state index is -1.62. The zero-order valence-electron chi connectivity index (χ0n) is 9.42. The summed E-state index contributed by atoms with van der Waals surface area (Å²) in [5.74, 6) is 0. The number of carbonyl (C=O) groups excluding carboxylic acids is 1. The summed E-state index contributed by atoms with van der Waals surface area (Å²) in [6, 6.07) is 15.9. The van der Waals surface area contributed by atoms with Crippen LogP contribution in [0.15, 0.2) is 59.5 Å². The molecule has 2 rings (SSSR count). The van der Waals surface area contributed by atoms with Crippen molar-refractivity contribution in [3.05, 3.63) is 65.7 Å². The number of aryl methyl sites for hydroxylation is 1. The monoisotopic (exact) mass is 244 g/mol. The highest BCUT2D eigenvalue weighted by Crippen LogP contribution is 2.16. The normalized spacial score (nSPS) is 12.1. The molecule has 0 amide bonds. The van der Waals surface area contributed by atoms with E-state index < -0.39 is 11.2 Å². The van der Waals surface area contributed by atoms with E-state index in [-0.39, 0.29) is 5.12 Å². The van der Waals surface area contributed by atoms with Crippen molar-refractivity contribution in [1.82, 2.24) is 0 Å². The second-order valence-corrected chi connectivity index (χ2v) is 5.11. The average Bonchev–Trinajstić information content (AvgIpc) is 2.39. The average molecular weight is 244 g/mol. The fourth-order valence-electron chi connectivity index (χ4n) is 1.45. The lowest BCUT2D eigenvalue weighted by molar-refractivity contribution is 0.107. The van der Waals surface area contributed by atoms with Gasteiger partial charge in [0.05, 0.1) is 16.7 Å². The summed E-state index contributed by atoms with van der Waals surface area (Å²) in [6.45, 7) is 1.95. The summed E-state index contributed by atoms with van der Waals surface area (Å²) in [5, 5.41) is -0.351. The van der Waals surface area contributed by atoms with Gasteiger partial charge in [0.25, 0.3) is 0 Å². The molecule has 0 aliphatic rings. The Morgan fingerprint density at radius 1 is 1.00 bits per heavy atom. The van der Waals surface area contributed by atoms with E-state index in [0.29, 0.717) is 10.5 Å². The quantitative estimate of drug-likeness (QED) is 0.762. The second-order valence-electron chi connectivity index (χ2n) is 3.74. The van der Waals surface area contributed by atoms with Crippen molar-refractivity contribution < 1.29 is 9.35 Å². The molecule has 0 aromatic heterocycles. The number of carbonyl (C=O) groups is 1. The van der Waals surface area contributed by atoms with Crippen molar-refractivity contribution in [3.8, 4) is 0 Å². The first-order valence-corrected chi connectivity index (χ1v) is 6.41. The number of hydrogen-bond donors (Lipinski definition) is 0. The molecule has 1 unspecified atom stereocenters. The molecule has 17 heavy (non-hydrogen) atoms. The minimum Gasteiger partial charge on any atom is -0.604 e. The highest BCUT2D eigenvalue weighted by molar-refractivity contribution is 8.06. The lowest BCUT2D eigenvalue weighted by Crippen LogP contribution is -2.15. The van der Waals surface area contributed by atoms with Crippen molar-refractivity contribution in [2.24, 2.45) is 0 Å². The molecule has 0 saturated carbocycles. The molecule has 1 atom stereocenters. The van der Waals surface area contributed by atoms with Gasteiger partial charge in [-0.2, -0.15) is 0 Å². The predicted molar refractivity (Wildman–Crippen MR) is 68.4 cm³/mol. The van der Waals surface area contributed by atoms with Crippen LogP contribution in [0.3, 0.4) is 0 Å². The van der Waals surface area contributed by atoms with E-state index in [9.17, 15) is 9.35 Å². The molecule has 0 radical (unpaired) electrons. The fourth-order valence-corrected chi connectivity index (χ4v) is 2.42. The van der Waals surface area contributed by atoms with Crippen LogP contribution in [0.5, 0.6) is 0 Å². The first-order chi connectivity index (χ1) is 8.18. The lowest BCUT2D eigenvalue weighted by Gasteiger charge is -2.07. The zero-order valence-corrected chi connectivity index (χ0v) is 10.2. The van der Waals surface area contributed by atoms with Gasteiger partial charge in [0.15, 0.2) is 4.90 Å². The maximum absolute atomic E-state index is 12.0. The van der Waals surface area contributed by atoms with Gasteiger partial charge in [-0.15, -0.1) is 0 Å². The van der Waals surface area contributed by atoms with Crippen molar-refractivity contribution in [2.45, 2.75) is 11.8 Å². The molecule has 0 heterocycles. The van der Waals surface area contributed by atoms with Gasteiger partial charge in [-0.3, -0.25) is 0 Å². The molecule has 2 aromatic carbocycles. The van der Waals surface area contributed by atoms with Crippen molar-refractivity contribution in [2.75, 3.05) is 0 Å². The van der Waals surface area contributed by atoms with E-state index in [0.717, 1.165) is 5.56 Å². The molecule has 2 nitrogen and oxygen atoms in total. The van der Waals surface area contributed by atoms with Gasteiger partial charge in [0, 0.05) is 0 Å². The Balaban J connectivity index is 2.23.